The molecular weight excluding hydrogens is 374 g/mol. The Morgan fingerprint density at radius 2 is 1.48 bits per heavy atom. The predicted octanol–water partition coefficient (Wildman–Crippen LogP) is -6.06. The van der Waals surface area contributed by atoms with Gasteiger partial charge in [-0.15, -0.1) is 0 Å². The summed E-state index contributed by atoms with van der Waals surface area (Å²) in [6, 6.07) is 0. The number of carboxylic acids is 1. The van der Waals surface area contributed by atoms with Crippen molar-refractivity contribution >= 4 is 27.9 Å². The maximum Gasteiger partial charge on any atom is 1.00 e. The van der Waals surface area contributed by atoms with Crippen molar-refractivity contribution in [3.05, 3.63) is 45.0 Å². The first-order valence-corrected chi connectivity index (χ1v) is 7.39. The van der Waals surface area contributed by atoms with Crippen LogP contribution in [0, 0.1) is 7.05 Å². The first-order chi connectivity index (χ1) is 10.4. The van der Waals surface area contributed by atoms with Gasteiger partial charge in [0.1, 0.15) is 0 Å². The minimum absolute atomic E-state index is 0. The minimum Gasteiger partial charge on any atom is -0.748 e. The summed E-state index contributed by atoms with van der Waals surface area (Å²) in [6.07, 6.45) is 3.46. The van der Waals surface area contributed by atoms with Crippen LogP contribution >= 0.6 is 0 Å². The third-order valence-electron chi connectivity index (χ3n) is 1.19. The van der Waals surface area contributed by atoms with Gasteiger partial charge in [-0.25, -0.2) is 13.2 Å². The van der Waals surface area contributed by atoms with Crippen LogP contribution in [0.1, 0.15) is 13.3 Å². The van der Waals surface area contributed by atoms with E-state index in [1.54, 1.807) is 6.92 Å². The zero-order valence-corrected chi connectivity index (χ0v) is 19.7. The molecule has 0 bridgehead atoms. The van der Waals surface area contributed by atoms with Crippen LogP contribution in [-0.2, 0) is 24.5 Å². The smallest absolute Gasteiger partial charge is 0.748 e. The van der Waals surface area contributed by atoms with E-state index in [0.29, 0.717) is 6.42 Å². The van der Waals surface area contributed by atoms with Crippen molar-refractivity contribution in [3.63, 3.8) is 0 Å². The molecule has 0 aliphatic rings. The van der Waals surface area contributed by atoms with Crippen molar-refractivity contribution in [1.29, 1.82) is 0 Å². The molecule has 0 aromatic heterocycles. The average Bonchev–Trinajstić information content (AvgIpc) is 2.46. The second-order valence-electron chi connectivity index (χ2n) is 3.16. The van der Waals surface area contributed by atoms with Gasteiger partial charge >= 0.3 is 65.1 Å². The summed E-state index contributed by atoms with van der Waals surface area (Å²) in [5.74, 6) is -1.96. The van der Waals surface area contributed by atoms with E-state index in [1.165, 1.54) is 0 Å². The summed E-state index contributed by atoms with van der Waals surface area (Å²) < 4.78 is 29.0. The van der Waals surface area contributed by atoms with Crippen molar-refractivity contribution in [1.82, 2.24) is 5.32 Å². The van der Waals surface area contributed by atoms with E-state index in [-0.39, 0.29) is 70.8 Å². The Balaban J connectivity index is -0.0000000473. The van der Waals surface area contributed by atoms with E-state index in [2.05, 4.69) is 37.8 Å². The molecule has 12 heteroatoms. The van der Waals surface area contributed by atoms with Crippen molar-refractivity contribution in [2.24, 2.45) is 5.73 Å². The van der Waals surface area contributed by atoms with Crippen LogP contribution < -0.4 is 70.2 Å². The van der Waals surface area contributed by atoms with Gasteiger partial charge in [-0.1, -0.05) is 26.7 Å². The maximum atomic E-state index is 9.89. The van der Waals surface area contributed by atoms with Gasteiger partial charge in [-0.2, -0.15) is 0 Å². The molecule has 0 unspecified atom stereocenters. The molecule has 0 aromatic carbocycles. The van der Waals surface area contributed by atoms with Crippen LogP contribution in [0.3, 0.4) is 0 Å². The van der Waals surface area contributed by atoms with Gasteiger partial charge in [-0.3, -0.25) is 16.6 Å². The molecule has 0 atom stereocenters. The Bertz CT molecular complexity index is 477. The molecule has 0 saturated heterocycles. The van der Waals surface area contributed by atoms with E-state index >= 15 is 0 Å². The van der Waals surface area contributed by atoms with E-state index < -0.39 is 22.0 Å². The number of amides is 2. The van der Waals surface area contributed by atoms with Gasteiger partial charge in [0, 0.05) is 11.8 Å². The maximum absolute atomic E-state index is 9.89. The third kappa shape index (κ3) is 82.0. The van der Waals surface area contributed by atoms with Crippen LogP contribution in [-0.4, -0.2) is 41.6 Å². The molecule has 0 aliphatic heterocycles. The number of nitrogens with two attached hydrogens (primary N) is 1. The number of hydrogen-bond donors (Lipinski definition) is 3. The summed E-state index contributed by atoms with van der Waals surface area (Å²) in [6.45, 7) is 10.9. The molecule has 0 saturated carbocycles. The standard InChI is InChI=1S/C4H6NO.C3H5NO.C3H8O3S.C3H4O2.2Na/c1-3-4(6)5-2;1-2-3(4)5;1-2-3-7(4,5)6;1-2-3(4)5;;/h3H,1-2H2,(H,5,6);2H,1H2,(H2,4,5);2-3H2,1H3,(H,4,5,6);2H,1H2,(H,4,5);;/q-1;;;;2*+1/p-1. The van der Waals surface area contributed by atoms with Crippen LogP contribution in [0.25, 0.3) is 0 Å². The largest absolute Gasteiger partial charge is 1.00 e. The molecule has 0 rings (SSSR count). The molecular formula is C13H22N2Na2O7S. The second kappa shape index (κ2) is 28.3. The van der Waals surface area contributed by atoms with E-state index in [0.717, 1.165) is 18.2 Å². The topological polar surface area (TPSA) is 167 Å². The Morgan fingerprint density at radius 3 is 1.48 bits per heavy atom. The number of rotatable bonds is 5. The van der Waals surface area contributed by atoms with Gasteiger partial charge in [0.05, 0.1) is 10.1 Å². The number of primary amides is 1. The number of nitrogens with one attached hydrogen (secondary N) is 1. The number of carbonyl (C=O) groups excluding carboxylic acids is 2. The summed E-state index contributed by atoms with van der Waals surface area (Å²) in [4.78, 5) is 28.6. The van der Waals surface area contributed by atoms with Crippen LogP contribution in [0.2, 0.25) is 0 Å². The number of hydrogen-bond acceptors (Lipinski definition) is 6. The van der Waals surface area contributed by atoms with Gasteiger partial charge in [0.2, 0.25) is 11.8 Å². The fourth-order valence-corrected chi connectivity index (χ4v) is 0.822. The average molecular weight is 396 g/mol. The van der Waals surface area contributed by atoms with Gasteiger partial charge in [-0.05, 0) is 18.6 Å². The monoisotopic (exact) mass is 396 g/mol. The number of carboxylic acid groups (broad SMARTS) is 1. The van der Waals surface area contributed by atoms with E-state index in [4.69, 9.17) is 5.11 Å². The molecule has 0 aromatic rings. The van der Waals surface area contributed by atoms with Gasteiger partial charge < -0.3 is 20.7 Å². The minimum atomic E-state index is -3.92. The summed E-state index contributed by atoms with van der Waals surface area (Å²) in [7, 11) is -0.839. The molecule has 134 valence electrons. The Kier molecular flexibility index (Phi) is 44.9. The third-order valence-corrected chi connectivity index (χ3v) is 2.10. The Hall–Kier alpha value is -0.460. The van der Waals surface area contributed by atoms with E-state index in [9.17, 15) is 27.4 Å². The molecule has 0 fully saturated rings. The van der Waals surface area contributed by atoms with Crippen LogP contribution in [0.5, 0.6) is 0 Å². The van der Waals surface area contributed by atoms with Gasteiger partial charge in [0.25, 0.3) is 0 Å². The zero-order valence-electron chi connectivity index (χ0n) is 14.9. The first kappa shape index (κ1) is 39.6. The number of aliphatic carboxylic acids is 1. The first-order valence-electron chi connectivity index (χ1n) is 5.81. The quantitative estimate of drug-likeness (QED) is 0.180. The Labute approximate surface area is 193 Å². The summed E-state index contributed by atoms with van der Waals surface area (Å²) in [5.41, 5.74) is 4.53. The summed E-state index contributed by atoms with van der Waals surface area (Å²) in [5, 5.41) is 9.71. The summed E-state index contributed by atoms with van der Waals surface area (Å²) >= 11 is 0. The molecule has 4 N–H and O–H groups in total. The molecule has 9 nitrogen and oxygen atoms in total. The molecule has 0 spiro atoms. The number of carbonyl (C=O) groups is 3. The zero-order chi connectivity index (χ0) is 19.5. The van der Waals surface area contributed by atoms with Crippen molar-refractivity contribution in [3.8, 4) is 0 Å². The SMILES string of the molecule is C=CC(=O)N[CH2-].C=CC(=O)O.C=CC(N)=O.CCCS(=O)(=O)[O-].[Na+].[Na+]. The Morgan fingerprint density at radius 1 is 1.16 bits per heavy atom. The van der Waals surface area contributed by atoms with Crippen LogP contribution in [0.15, 0.2) is 38.0 Å². The molecule has 2 amide bonds. The normalized spacial score (nSPS) is 7.48. The fraction of sp³-hybridized carbons (Fsp3) is 0.231. The fourth-order valence-electron chi connectivity index (χ4n) is 0.322. The molecule has 25 heavy (non-hydrogen) atoms. The predicted molar refractivity (Wildman–Crippen MR) is 85.8 cm³/mol. The molecule has 0 radical (unpaired) electrons. The second-order valence-corrected chi connectivity index (χ2v) is 4.68. The molecule has 0 aliphatic carbocycles. The van der Waals surface area contributed by atoms with Crippen molar-refractivity contribution in [2.75, 3.05) is 5.75 Å². The molecule has 0 heterocycles. The van der Waals surface area contributed by atoms with E-state index in [1.807, 2.05) is 0 Å². The van der Waals surface area contributed by atoms with Crippen molar-refractivity contribution in [2.45, 2.75) is 13.3 Å². The van der Waals surface area contributed by atoms with Crippen molar-refractivity contribution < 1.29 is 91.6 Å². The van der Waals surface area contributed by atoms with Crippen LogP contribution in [0.4, 0.5) is 0 Å². The van der Waals surface area contributed by atoms with Gasteiger partial charge in [0.15, 0.2) is 0 Å².